The summed E-state index contributed by atoms with van der Waals surface area (Å²) >= 11 is 1.46. The average Bonchev–Trinajstić information content (AvgIpc) is 2.39. The van der Waals surface area contributed by atoms with E-state index < -0.39 is 0 Å². The van der Waals surface area contributed by atoms with Crippen LogP contribution in [-0.2, 0) is 0 Å². The van der Waals surface area contributed by atoms with E-state index in [4.69, 9.17) is 0 Å². The number of aromatic nitrogens is 3. The van der Waals surface area contributed by atoms with Gasteiger partial charge in [-0.2, -0.15) is 0 Å². The molecule has 0 fully saturated rings. The third-order valence-corrected chi connectivity index (χ3v) is 2.96. The van der Waals surface area contributed by atoms with Gasteiger partial charge in [-0.05, 0) is 17.4 Å². The lowest BCUT2D eigenvalue weighted by Crippen LogP contribution is -2.14. The fraction of sp³-hybridized carbons (Fsp3) is 0.154. The number of thioether (sulfide) groups is 1. The molecule has 5 heteroatoms. The molecule has 1 aromatic carbocycles. The Kier molecular flexibility index (Phi) is 4.30. The standard InChI is InChI=1S/C13H13N3OS/c1-2-18-13-14-12(17)11(15-16-13)9-8-10-6-4-3-5-7-10/h3-9H,2H2,1H3,(H,14,16,17)/b9-8+. The summed E-state index contributed by atoms with van der Waals surface area (Å²) in [5.74, 6) is 0.851. The number of nitrogens with one attached hydrogen (secondary N) is 1. The summed E-state index contributed by atoms with van der Waals surface area (Å²) in [6.45, 7) is 1.99. The molecule has 1 N–H and O–H groups in total. The quantitative estimate of drug-likeness (QED) is 0.857. The van der Waals surface area contributed by atoms with Crippen molar-refractivity contribution in [1.29, 1.82) is 0 Å². The number of aromatic amines is 1. The summed E-state index contributed by atoms with van der Waals surface area (Å²) in [5.41, 5.74) is 1.12. The van der Waals surface area contributed by atoms with E-state index in [1.807, 2.05) is 43.3 Å². The van der Waals surface area contributed by atoms with Crippen molar-refractivity contribution in [2.24, 2.45) is 0 Å². The molecule has 0 amide bonds. The van der Waals surface area contributed by atoms with Gasteiger partial charge in [-0.3, -0.25) is 9.78 Å². The smallest absolute Gasteiger partial charge is 0.277 e. The third kappa shape index (κ3) is 3.30. The van der Waals surface area contributed by atoms with Crippen LogP contribution in [0.1, 0.15) is 18.2 Å². The van der Waals surface area contributed by atoms with Crippen molar-refractivity contribution in [3.8, 4) is 0 Å². The minimum absolute atomic E-state index is 0.215. The predicted molar refractivity (Wildman–Crippen MR) is 74.4 cm³/mol. The molecule has 2 aromatic rings. The van der Waals surface area contributed by atoms with Gasteiger partial charge in [-0.15, -0.1) is 10.2 Å². The topological polar surface area (TPSA) is 58.6 Å². The maximum atomic E-state index is 11.7. The summed E-state index contributed by atoms with van der Waals surface area (Å²) < 4.78 is 0. The lowest BCUT2D eigenvalue weighted by Gasteiger charge is -1.96. The van der Waals surface area contributed by atoms with Crippen molar-refractivity contribution in [3.05, 3.63) is 51.9 Å². The Bertz CT molecular complexity index is 593. The van der Waals surface area contributed by atoms with Gasteiger partial charge in [0.1, 0.15) is 0 Å². The fourth-order valence-electron chi connectivity index (χ4n) is 1.38. The second-order valence-corrected chi connectivity index (χ2v) is 4.77. The highest BCUT2D eigenvalue weighted by Crippen LogP contribution is 2.08. The number of hydrogen-bond acceptors (Lipinski definition) is 4. The van der Waals surface area contributed by atoms with E-state index in [-0.39, 0.29) is 5.56 Å². The Balaban J connectivity index is 2.20. The molecule has 0 atom stereocenters. The Morgan fingerprint density at radius 1 is 1.22 bits per heavy atom. The van der Waals surface area contributed by atoms with Gasteiger partial charge < -0.3 is 0 Å². The molecule has 0 aliphatic heterocycles. The van der Waals surface area contributed by atoms with Gasteiger partial charge in [0, 0.05) is 0 Å². The zero-order chi connectivity index (χ0) is 12.8. The number of hydrogen-bond donors (Lipinski definition) is 1. The zero-order valence-corrected chi connectivity index (χ0v) is 10.8. The molecule has 0 saturated carbocycles. The number of nitrogens with zero attached hydrogens (tertiary/aromatic N) is 2. The minimum atomic E-state index is -0.215. The van der Waals surface area contributed by atoms with E-state index in [1.165, 1.54) is 11.8 Å². The molecular weight excluding hydrogens is 246 g/mol. The summed E-state index contributed by atoms with van der Waals surface area (Å²) in [7, 11) is 0. The Morgan fingerprint density at radius 2 is 2.00 bits per heavy atom. The molecule has 1 aromatic heterocycles. The molecular formula is C13H13N3OS. The monoisotopic (exact) mass is 259 g/mol. The molecule has 0 spiro atoms. The van der Waals surface area contributed by atoms with Crippen molar-refractivity contribution < 1.29 is 0 Å². The maximum absolute atomic E-state index is 11.7. The Hall–Kier alpha value is -1.88. The van der Waals surface area contributed by atoms with E-state index >= 15 is 0 Å². The van der Waals surface area contributed by atoms with Crippen LogP contribution in [0.3, 0.4) is 0 Å². The van der Waals surface area contributed by atoms with Crippen LogP contribution in [-0.4, -0.2) is 20.9 Å². The highest BCUT2D eigenvalue weighted by Gasteiger charge is 2.01. The van der Waals surface area contributed by atoms with Crippen LogP contribution >= 0.6 is 11.8 Å². The van der Waals surface area contributed by atoms with E-state index in [1.54, 1.807) is 6.08 Å². The third-order valence-electron chi connectivity index (χ3n) is 2.22. The molecule has 18 heavy (non-hydrogen) atoms. The molecule has 0 aliphatic carbocycles. The van der Waals surface area contributed by atoms with Crippen molar-refractivity contribution in [2.75, 3.05) is 5.75 Å². The van der Waals surface area contributed by atoms with Gasteiger partial charge in [-0.1, -0.05) is 55.1 Å². The molecule has 0 radical (unpaired) electrons. The highest BCUT2D eigenvalue weighted by molar-refractivity contribution is 7.99. The molecule has 1 heterocycles. The number of benzene rings is 1. The lowest BCUT2D eigenvalue weighted by molar-refractivity contribution is 0.810. The van der Waals surface area contributed by atoms with Crippen LogP contribution in [0.25, 0.3) is 12.2 Å². The van der Waals surface area contributed by atoms with Gasteiger partial charge in [0.05, 0.1) is 0 Å². The van der Waals surface area contributed by atoms with Crippen LogP contribution in [0.2, 0.25) is 0 Å². The first-order chi connectivity index (χ1) is 8.79. The minimum Gasteiger partial charge on any atom is -0.298 e. The maximum Gasteiger partial charge on any atom is 0.277 e. The van der Waals surface area contributed by atoms with Crippen LogP contribution in [0, 0.1) is 0 Å². The van der Waals surface area contributed by atoms with Crippen LogP contribution < -0.4 is 5.56 Å². The van der Waals surface area contributed by atoms with Gasteiger partial charge in [0.15, 0.2) is 10.9 Å². The summed E-state index contributed by atoms with van der Waals surface area (Å²) in [6, 6.07) is 9.74. The summed E-state index contributed by atoms with van der Waals surface area (Å²) in [5, 5.41) is 8.41. The number of H-pyrrole nitrogens is 1. The second-order valence-electron chi connectivity index (χ2n) is 3.52. The van der Waals surface area contributed by atoms with Crippen LogP contribution in [0.4, 0.5) is 0 Å². The van der Waals surface area contributed by atoms with Crippen LogP contribution in [0.15, 0.2) is 40.3 Å². The van der Waals surface area contributed by atoms with Crippen molar-refractivity contribution in [2.45, 2.75) is 12.1 Å². The molecule has 2 rings (SSSR count). The molecule has 0 saturated heterocycles. The van der Waals surface area contributed by atoms with Crippen molar-refractivity contribution in [3.63, 3.8) is 0 Å². The molecule has 4 nitrogen and oxygen atoms in total. The van der Waals surface area contributed by atoms with E-state index in [9.17, 15) is 4.79 Å². The SMILES string of the molecule is CCSc1nnc(/C=C/c2ccccc2)c(=O)[nH]1. The summed E-state index contributed by atoms with van der Waals surface area (Å²) in [4.78, 5) is 14.4. The fourth-order valence-corrected chi connectivity index (χ4v) is 1.92. The predicted octanol–water partition coefficient (Wildman–Crippen LogP) is 2.45. The first-order valence-corrected chi connectivity index (χ1v) is 6.61. The van der Waals surface area contributed by atoms with E-state index in [0.29, 0.717) is 10.9 Å². The van der Waals surface area contributed by atoms with Gasteiger partial charge in [0.2, 0.25) is 0 Å². The van der Waals surface area contributed by atoms with E-state index in [2.05, 4.69) is 15.2 Å². The van der Waals surface area contributed by atoms with Gasteiger partial charge >= 0.3 is 0 Å². The number of rotatable bonds is 4. The van der Waals surface area contributed by atoms with Gasteiger partial charge in [0.25, 0.3) is 5.56 Å². The van der Waals surface area contributed by atoms with Crippen LogP contribution in [0.5, 0.6) is 0 Å². The largest absolute Gasteiger partial charge is 0.298 e. The molecule has 0 unspecified atom stereocenters. The highest BCUT2D eigenvalue weighted by atomic mass is 32.2. The molecule has 92 valence electrons. The zero-order valence-electron chi connectivity index (χ0n) is 9.96. The summed E-state index contributed by atoms with van der Waals surface area (Å²) in [6.07, 6.45) is 3.51. The van der Waals surface area contributed by atoms with Crippen molar-refractivity contribution in [1.82, 2.24) is 15.2 Å². The van der Waals surface area contributed by atoms with Gasteiger partial charge in [-0.25, -0.2) is 0 Å². The normalized spacial score (nSPS) is 10.9. The van der Waals surface area contributed by atoms with Crippen molar-refractivity contribution >= 4 is 23.9 Å². The first kappa shape index (κ1) is 12.6. The van der Waals surface area contributed by atoms with E-state index in [0.717, 1.165) is 11.3 Å². The first-order valence-electron chi connectivity index (χ1n) is 5.62. The Morgan fingerprint density at radius 3 is 2.67 bits per heavy atom. The Labute approximate surface area is 109 Å². The average molecular weight is 259 g/mol. The molecule has 0 bridgehead atoms. The molecule has 0 aliphatic rings. The lowest BCUT2D eigenvalue weighted by atomic mass is 10.2. The second kappa shape index (κ2) is 6.16.